The largest absolute Gasteiger partial charge is 0.416 e. The van der Waals surface area contributed by atoms with E-state index in [0.717, 1.165) is 18.9 Å². The van der Waals surface area contributed by atoms with Crippen molar-refractivity contribution in [1.82, 2.24) is 0 Å². The molecule has 0 spiro atoms. The van der Waals surface area contributed by atoms with Gasteiger partial charge in [0.1, 0.15) is 0 Å². The molecule has 1 aromatic rings. The molecule has 100 valence electrons. The zero-order valence-electron chi connectivity index (χ0n) is 10.4. The molecule has 0 heterocycles. The van der Waals surface area contributed by atoms with E-state index in [9.17, 15) is 13.2 Å². The highest BCUT2D eigenvalue weighted by molar-refractivity contribution is 5.36. The minimum absolute atomic E-state index is 0.254. The first-order chi connectivity index (χ1) is 8.33. The molecule has 2 atom stereocenters. The molecule has 0 saturated heterocycles. The van der Waals surface area contributed by atoms with Crippen LogP contribution in [0.15, 0.2) is 24.3 Å². The average molecular weight is 257 g/mol. The molecule has 2 rings (SSSR count). The number of nitrogens with two attached hydrogens (primary N) is 1. The number of halogens is 3. The molecular formula is C14H18F3N. The Bertz CT molecular complexity index is 427. The van der Waals surface area contributed by atoms with Gasteiger partial charge in [0.25, 0.3) is 0 Å². The van der Waals surface area contributed by atoms with Crippen LogP contribution in [0.1, 0.15) is 43.7 Å². The van der Waals surface area contributed by atoms with Gasteiger partial charge in [-0.05, 0) is 30.4 Å². The summed E-state index contributed by atoms with van der Waals surface area (Å²) >= 11 is 0. The van der Waals surface area contributed by atoms with E-state index in [4.69, 9.17) is 5.73 Å². The summed E-state index contributed by atoms with van der Waals surface area (Å²) in [4.78, 5) is 0. The van der Waals surface area contributed by atoms with Crippen molar-refractivity contribution >= 4 is 0 Å². The van der Waals surface area contributed by atoms with Gasteiger partial charge < -0.3 is 5.73 Å². The highest BCUT2D eigenvalue weighted by Gasteiger charge is 2.41. The Labute approximate surface area is 105 Å². The molecule has 1 saturated carbocycles. The molecule has 2 unspecified atom stereocenters. The van der Waals surface area contributed by atoms with Crippen LogP contribution in [0.3, 0.4) is 0 Å². The first kappa shape index (κ1) is 13.4. The Morgan fingerprint density at radius 3 is 2.56 bits per heavy atom. The quantitative estimate of drug-likeness (QED) is 0.806. The molecule has 0 aliphatic heterocycles. The van der Waals surface area contributed by atoms with Gasteiger partial charge in [-0.15, -0.1) is 0 Å². The number of hydrogen-bond acceptors (Lipinski definition) is 1. The minimum Gasteiger partial charge on any atom is -0.321 e. The van der Waals surface area contributed by atoms with Gasteiger partial charge >= 0.3 is 6.18 Å². The van der Waals surface area contributed by atoms with E-state index in [1.165, 1.54) is 12.1 Å². The fourth-order valence-corrected chi connectivity index (χ4v) is 3.00. The van der Waals surface area contributed by atoms with E-state index >= 15 is 0 Å². The summed E-state index contributed by atoms with van der Waals surface area (Å²) in [5.41, 5.74) is 5.11. The smallest absolute Gasteiger partial charge is 0.321 e. The normalized spacial score (nSPS) is 29.3. The lowest BCUT2D eigenvalue weighted by Gasteiger charge is -2.38. The van der Waals surface area contributed by atoms with Crippen LogP contribution in [0.25, 0.3) is 0 Å². The third kappa shape index (κ3) is 2.53. The molecule has 1 fully saturated rings. The van der Waals surface area contributed by atoms with Crippen LogP contribution in [0.2, 0.25) is 0 Å². The lowest BCUT2D eigenvalue weighted by molar-refractivity contribution is -0.139. The monoisotopic (exact) mass is 257 g/mol. The van der Waals surface area contributed by atoms with E-state index in [1.807, 2.05) is 0 Å². The molecule has 2 N–H and O–H groups in total. The molecule has 0 amide bonds. The summed E-state index contributed by atoms with van der Waals surface area (Å²) in [5.74, 6) is 0.380. The Morgan fingerprint density at radius 2 is 1.94 bits per heavy atom. The van der Waals surface area contributed by atoms with E-state index in [-0.39, 0.29) is 5.56 Å². The van der Waals surface area contributed by atoms with Gasteiger partial charge in [0.15, 0.2) is 0 Å². The van der Waals surface area contributed by atoms with Gasteiger partial charge in [-0.25, -0.2) is 0 Å². The molecule has 0 radical (unpaired) electrons. The molecule has 4 heteroatoms. The van der Waals surface area contributed by atoms with Crippen molar-refractivity contribution in [1.29, 1.82) is 0 Å². The highest BCUT2D eigenvalue weighted by Crippen LogP contribution is 2.43. The fourth-order valence-electron chi connectivity index (χ4n) is 3.00. The molecular weight excluding hydrogens is 239 g/mol. The second kappa shape index (κ2) is 4.57. The number of alkyl halides is 3. The predicted molar refractivity (Wildman–Crippen MR) is 64.9 cm³/mol. The Kier molecular flexibility index (Phi) is 3.41. The standard InChI is InChI=1S/C14H18F3N/c1-10-5-4-8-13(18,9-10)11-6-2-3-7-12(11)14(15,16)17/h2-3,6-7,10H,4-5,8-9,18H2,1H3. The van der Waals surface area contributed by atoms with Crippen molar-refractivity contribution in [3.63, 3.8) is 0 Å². The van der Waals surface area contributed by atoms with E-state index < -0.39 is 17.3 Å². The second-order valence-electron chi connectivity index (χ2n) is 5.40. The van der Waals surface area contributed by atoms with E-state index in [0.29, 0.717) is 18.8 Å². The van der Waals surface area contributed by atoms with Crippen LogP contribution in [-0.2, 0) is 11.7 Å². The molecule has 1 aliphatic rings. The molecule has 0 aromatic heterocycles. The Morgan fingerprint density at radius 1 is 1.28 bits per heavy atom. The zero-order chi connectivity index (χ0) is 13.4. The first-order valence-electron chi connectivity index (χ1n) is 6.28. The lowest BCUT2D eigenvalue weighted by Crippen LogP contribution is -2.42. The summed E-state index contributed by atoms with van der Waals surface area (Å²) in [7, 11) is 0. The lowest BCUT2D eigenvalue weighted by atomic mass is 9.72. The van der Waals surface area contributed by atoms with Crippen molar-refractivity contribution < 1.29 is 13.2 Å². The molecule has 1 aliphatic carbocycles. The van der Waals surface area contributed by atoms with Crippen molar-refractivity contribution in [2.75, 3.05) is 0 Å². The van der Waals surface area contributed by atoms with Crippen LogP contribution < -0.4 is 5.73 Å². The van der Waals surface area contributed by atoms with Gasteiger partial charge in [-0.1, -0.05) is 38.0 Å². The van der Waals surface area contributed by atoms with Crippen molar-refractivity contribution in [3.05, 3.63) is 35.4 Å². The second-order valence-corrected chi connectivity index (χ2v) is 5.40. The Hall–Kier alpha value is -1.03. The van der Waals surface area contributed by atoms with Crippen LogP contribution in [-0.4, -0.2) is 0 Å². The van der Waals surface area contributed by atoms with Gasteiger partial charge in [0, 0.05) is 5.54 Å². The van der Waals surface area contributed by atoms with Crippen molar-refractivity contribution in [2.24, 2.45) is 11.7 Å². The van der Waals surface area contributed by atoms with E-state index in [1.54, 1.807) is 6.07 Å². The fraction of sp³-hybridized carbons (Fsp3) is 0.571. The SMILES string of the molecule is CC1CCCC(N)(c2ccccc2C(F)(F)F)C1. The van der Waals surface area contributed by atoms with Crippen LogP contribution in [0, 0.1) is 5.92 Å². The average Bonchev–Trinajstić information content (AvgIpc) is 2.27. The van der Waals surface area contributed by atoms with Crippen LogP contribution in [0.4, 0.5) is 13.2 Å². The highest BCUT2D eigenvalue weighted by atomic mass is 19.4. The van der Waals surface area contributed by atoms with Crippen molar-refractivity contribution in [3.8, 4) is 0 Å². The molecule has 1 aromatic carbocycles. The summed E-state index contributed by atoms with van der Waals surface area (Å²) in [6, 6.07) is 5.71. The van der Waals surface area contributed by atoms with E-state index in [2.05, 4.69) is 6.92 Å². The third-order valence-electron chi connectivity index (χ3n) is 3.80. The maximum absolute atomic E-state index is 13.0. The van der Waals surface area contributed by atoms with Gasteiger partial charge in [-0.3, -0.25) is 0 Å². The molecule has 1 nitrogen and oxygen atoms in total. The minimum atomic E-state index is -4.33. The summed E-state index contributed by atoms with van der Waals surface area (Å²) < 4.78 is 39.0. The topological polar surface area (TPSA) is 26.0 Å². The number of benzene rings is 1. The maximum Gasteiger partial charge on any atom is 0.416 e. The molecule has 0 bridgehead atoms. The Balaban J connectivity index is 2.44. The maximum atomic E-state index is 13.0. The summed E-state index contributed by atoms with van der Waals surface area (Å²) in [6.07, 6.45) is -1.13. The molecule has 18 heavy (non-hydrogen) atoms. The first-order valence-corrected chi connectivity index (χ1v) is 6.28. The van der Waals surface area contributed by atoms with Crippen LogP contribution >= 0.6 is 0 Å². The van der Waals surface area contributed by atoms with Gasteiger partial charge in [0.2, 0.25) is 0 Å². The third-order valence-corrected chi connectivity index (χ3v) is 3.80. The van der Waals surface area contributed by atoms with Crippen LogP contribution in [0.5, 0.6) is 0 Å². The van der Waals surface area contributed by atoms with Gasteiger partial charge in [-0.2, -0.15) is 13.2 Å². The summed E-state index contributed by atoms with van der Waals surface area (Å²) in [6.45, 7) is 2.05. The number of rotatable bonds is 1. The number of hydrogen-bond donors (Lipinski definition) is 1. The predicted octanol–water partition coefficient (Wildman–Crippen LogP) is 4.07. The zero-order valence-corrected chi connectivity index (χ0v) is 10.4. The summed E-state index contributed by atoms with van der Waals surface area (Å²) in [5, 5.41) is 0. The van der Waals surface area contributed by atoms with Crippen molar-refractivity contribution in [2.45, 2.75) is 44.3 Å². The van der Waals surface area contributed by atoms with Gasteiger partial charge in [0.05, 0.1) is 5.56 Å².